The monoisotopic (exact) mass is 606 g/mol. The summed E-state index contributed by atoms with van der Waals surface area (Å²) in [7, 11) is 0. The SMILES string of the molecule is C=C/C(=C\C=C/C)C(C)NC(=O)C(=C/C)/C=C(C(=C)C)/C(C(C)=O)=C(/Nc1ccc(CN2CCOCC2)cc1)c1ccncc1. The van der Waals surface area contributed by atoms with Gasteiger partial charge in [-0.2, -0.15) is 0 Å². The highest BCUT2D eigenvalue weighted by Crippen LogP contribution is 2.31. The molecule has 0 bridgehead atoms. The first-order chi connectivity index (χ1) is 21.7. The van der Waals surface area contributed by atoms with Gasteiger partial charge >= 0.3 is 0 Å². The van der Waals surface area contributed by atoms with Crippen LogP contribution in [0.1, 0.15) is 45.7 Å². The number of nitrogens with zero attached hydrogens (tertiary/aromatic N) is 2. The van der Waals surface area contributed by atoms with Gasteiger partial charge in [0.15, 0.2) is 5.78 Å². The van der Waals surface area contributed by atoms with Crippen molar-refractivity contribution in [1.29, 1.82) is 0 Å². The molecule has 45 heavy (non-hydrogen) atoms. The first-order valence-electron chi connectivity index (χ1n) is 15.3. The summed E-state index contributed by atoms with van der Waals surface area (Å²) in [5.74, 6) is -0.436. The van der Waals surface area contributed by atoms with Crippen LogP contribution in [-0.2, 0) is 20.9 Å². The third kappa shape index (κ3) is 10.2. The van der Waals surface area contributed by atoms with Gasteiger partial charge in [-0.25, -0.2) is 0 Å². The van der Waals surface area contributed by atoms with E-state index in [0.717, 1.165) is 49.7 Å². The summed E-state index contributed by atoms with van der Waals surface area (Å²) < 4.78 is 5.47. The van der Waals surface area contributed by atoms with Crippen LogP contribution in [0.4, 0.5) is 5.69 Å². The van der Waals surface area contributed by atoms with Crippen LogP contribution in [0.25, 0.3) is 5.70 Å². The number of rotatable bonds is 14. The average molecular weight is 607 g/mol. The third-order valence-corrected chi connectivity index (χ3v) is 7.47. The van der Waals surface area contributed by atoms with E-state index < -0.39 is 0 Å². The lowest BCUT2D eigenvalue weighted by Crippen LogP contribution is -2.35. The Kier molecular flexibility index (Phi) is 13.7. The van der Waals surface area contributed by atoms with E-state index in [0.29, 0.717) is 28.0 Å². The Balaban J connectivity index is 2.03. The number of amides is 1. The number of pyridine rings is 1. The van der Waals surface area contributed by atoms with Gasteiger partial charge in [0.1, 0.15) is 0 Å². The van der Waals surface area contributed by atoms with Gasteiger partial charge in [0.25, 0.3) is 5.91 Å². The van der Waals surface area contributed by atoms with E-state index in [-0.39, 0.29) is 17.7 Å². The molecule has 1 amide bonds. The number of allylic oxidation sites excluding steroid dienone is 7. The quantitative estimate of drug-likeness (QED) is 0.179. The van der Waals surface area contributed by atoms with E-state index >= 15 is 0 Å². The Morgan fingerprint density at radius 3 is 2.29 bits per heavy atom. The number of Topliss-reactive ketones (excluding diaryl/α,β-unsaturated/α-hetero) is 1. The van der Waals surface area contributed by atoms with E-state index in [1.165, 1.54) is 12.5 Å². The molecule has 1 aliphatic heterocycles. The third-order valence-electron chi connectivity index (χ3n) is 7.47. The molecule has 1 fully saturated rings. The number of hydrogen-bond acceptors (Lipinski definition) is 6. The maximum absolute atomic E-state index is 13.5. The molecule has 1 aromatic heterocycles. The number of carbonyl (C=O) groups excluding carboxylic acids is 2. The van der Waals surface area contributed by atoms with E-state index in [1.54, 1.807) is 37.5 Å². The number of nitrogens with one attached hydrogen (secondary N) is 2. The number of hydrogen-bond donors (Lipinski definition) is 2. The molecule has 1 aromatic carbocycles. The van der Waals surface area contributed by atoms with Gasteiger partial charge in [0.2, 0.25) is 0 Å². The van der Waals surface area contributed by atoms with Crippen molar-refractivity contribution in [2.75, 3.05) is 31.6 Å². The van der Waals surface area contributed by atoms with Crippen LogP contribution >= 0.6 is 0 Å². The first-order valence-corrected chi connectivity index (χ1v) is 15.3. The van der Waals surface area contributed by atoms with E-state index in [9.17, 15) is 9.59 Å². The Labute approximate surface area is 268 Å². The number of aromatic nitrogens is 1. The molecule has 1 saturated heterocycles. The van der Waals surface area contributed by atoms with Gasteiger partial charge in [-0.3, -0.25) is 19.5 Å². The lowest BCUT2D eigenvalue weighted by molar-refractivity contribution is -0.117. The minimum atomic E-state index is -0.272. The zero-order valence-electron chi connectivity index (χ0n) is 27.2. The Hall–Kier alpha value is -4.59. The zero-order valence-corrected chi connectivity index (χ0v) is 27.2. The molecule has 1 unspecified atom stereocenters. The molecule has 2 heterocycles. The van der Waals surface area contributed by atoms with Crippen LogP contribution in [0.15, 0.2) is 126 Å². The number of ether oxygens (including phenoxy) is 1. The van der Waals surface area contributed by atoms with Crippen molar-refractivity contribution >= 4 is 23.1 Å². The van der Waals surface area contributed by atoms with Crippen molar-refractivity contribution in [3.05, 3.63) is 137 Å². The normalized spacial score (nSPS) is 16.2. The lowest BCUT2D eigenvalue weighted by Gasteiger charge is -2.26. The Morgan fingerprint density at radius 1 is 1.07 bits per heavy atom. The van der Waals surface area contributed by atoms with Crippen LogP contribution in [0.2, 0.25) is 0 Å². The van der Waals surface area contributed by atoms with Crippen LogP contribution in [-0.4, -0.2) is 53.9 Å². The van der Waals surface area contributed by atoms with Crippen molar-refractivity contribution in [2.24, 2.45) is 0 Å². The molecule has 0 radical (unpaired) electrons. The lowest BCUT2D eigenvalue weighted by atomic mass is 9.90. The smallest absolute Gasteiger partial charge is 0.251 e. The molecule has 0 aliphatic carbocycles. The summed E-state index contributed by atoms with van der Waals surface area (Å²) in [4.78, 5) is 33.5. The minimum absolute atomic E-state index is 0.167. The molecule has 3 rings (SSSR count). The maximum atomic E-state index is 13.5. The van der Waals surface area contributed by atoms with Crippen molar-refractivity contribution in [1.82, 2.24) is 15.2 Å². The molecule has 1 atom stereocenters. The summed E-state index contributed by atoms with van der Waals surface area (Å²) in [5, 5.41) is 6.56. The van der Waals surface area contributed by atoms with Gasteiger partial charge in [-0.15, -0.1) is 0 Å². The molecule has 2 aromatic rings. The fraction of sp³-hybridized carbons (Fsp3) is 0.289. The number of morpholine rings is 1. The van der Waals surface area contributed by atoms with Crippen molar-refractivity contribution < 1.29 is 14.3 Å². The summed E-state index contributed by atoms with van der Waals surface area (Å²) in [6, 6.07) is 11.7. The average Bonchev–Trinajstić information content (AvgIpc) is 3.04. The highest BCUT2D eigenvalue weighted by molar-refractivity contribution is 6.09. The van der Waals surface area contributed by atoms with Crippen LogP contribution in [0, 0.1) is 0 Å². The largest absolute Gasteiger partial charge is 0.379 e. The van der Waals surface area contributed by atoms with E-state index in [2.05, 4.69) is 45.8 Å². The molecule has 0 spiro atoms. The molecular weight excluding hydrogens is 560 g/mol. The fourth-order valence-electron chi connectivity index (χ4n) is 4.96. The molecular formula is C38H46N4O3. The molecule has 236 valence electrons. The first kappa shape index (κ1) is 34.9. The number of carbonyl (C=O) groups is 2. The van der Waals surface area contributed by atoms with E-state index in [4.69, 9.17) is 4.74 Å². The number of anilines is 1. The summed E-state index contributed by atoms with van der Waals surface area (Å²) in [5.41, 5.74) is 6.34. The minimum Gasteiger partial charge on any atom is -0.379 e. The van der Waals surface area contributed by atoms with Crippen LogP contribution < -0.4 is 10.6 Å². The Morgan fingerprint density at radius 2 is 1.73 bits per heavy atom. The molecule has 1 aliphatic rings. The van der Waals surface area contributed by atoms with Crippen molar-refractivity contribution in [3.63, 3.8) is 0 Å². The molecule has 0 saturated carbocycles. The van der Waals surface area contributed by atoms with Gasteiger partial charge in [-0.05, 0) is 81.7 Å². The van der Waals surface area contributed by atoms with Crippen molar-refractivity contribution in [2.45, 2.75) is 47.2 Å². The van der Waals surface area contributed by atoms with Gasteiger partial charge < -0.3 is 15.4 Å². The number of ketones is 1. The standard InChI is InChI=1S/C38H46N4O3/c1-8-11-12-31(9-2)28(6)40-38(44)32(10-3)25-35(27(4)5)36(29(7)43)37(33-17-19-39-20-18-33)41-34-15-13-30(14-16-34)26-42-21-23-45-24-22-42/h8-20,25,28,41H,2,4,21-24,26H2,1,3,5-7H3,(H,40,44)/b11-8-,31-12+,32-10+,35-25+,37-36+. The van der Waals surface area contributed by atoms with Crippen molar-refractivity contribution in [3.8, 4) is 0 Å². The van der Waals surface area contributed by atoms with Crippen LogP contribution in [0.3, 0.4) is 0 Å². The second kappa shape index (κ2) is 17.6. The van der Waals surface area contributed by atoms with Crippen LogP contribution in [0.5, 0.6) is 0 Å². The summed E-state index contributed by atoms with van der Waals surface area (Å²) in [6.07, 6.45) is 14.3. The number of benzene rings is 1. The highest BCUT2D eigenvalue weighted by Gasteiger charge is 2.22. The van der Waals surface area contributed by atoms with E-state index in [1.807, 2.05) is 63.3 Å². The fourth-order valence-corrected chi connectivity index (χ4v) is 4.96. The second-order valence-electron chi connectivity index (χ2n) is 10.9. The predicted octanol–water partition coefficient (Wildman–Crippen LogP) is 6.97. The zero-order chi connectivity index (χ0) is 32.8. The Bertz CT molecular complexity index is 1510. The predicted molar refractivity (Wildman–Crippen MR) is 185 cm³/mol. The summed E-state index contributed by atoms with van der Waals surface area (Å²) >= 11 is 0. The highest BCUT2D eigenvalue weighted by atomic mass is 16.5. The summed E-state index contributed by atoms with van der Waals surface area (Å²) in [6.45, 7) is 21.3. The maximum Gasteiger partial charge on any atom is 0.251 e. The molecule has 7 heteroatoms. The van der Waals surface area contributed by atoms with Gasteiger partial charge in [0, 0.05) is 54.4 Å². The van der Waals surface area contributed by atoms with Gasteiger partial charge in [0.05, 0.1) is 25.0 Å². The molecule has 2 N–H and O–H groups in total. The second-order valence-corrected chi connectivity index (χ2v) is 10.9. The topological polar surface area (TPSA) is 83.6 Å². The molecule has 7 nitrogen and oxygen atoms in total. The van der Waals surface area contributed by atoms with Gasteiger partial charge in [-0.1, -0.05) is 61.2 Å².